The Morgan fingerprint density at radius 1 is 1.05 bits per heavy atom. The molecule has 1 aliphatic carbocycles. The Hall–Kier alpha value is -2.62. The molecular formula is C16H16O4. The zero-order valence-corrected chi connectivity index (χ0v) is 11.5. The molecule has 0 aromatic rings. The number of hydrogen-bond acceptors (Lipinski definition) is 4. The fraction of sp³-hybridized carbons (Fsp3) is 0.125. The summed E-state index contributed by atoms with van der Waals surface area (Å²) in [6.07, 6.45) is 11.5. The van der Waals surface area contributed by atoms with Crippen LogP contribution in [-0.4, -0.2) is 25.8 Å². The molecule has 0 fully saturated rings. The van der Waals surface area contributed by atoms with E-state index in [0.717, 1.165) is 0 Å². The fourth-order valence-electron chi connectivity index (χ4n) is 1.54. The molecule has 0 saturated heterocycles. The summed E-state index contributed by atoms with van der Waals surface area (Å²) in [5.41, 5.74) is 0.434. The Kier molecular flexibility index (Phi) is 5.97. The molecule has 20 heavy (non-hydrogen) atoms. The number of ether oxygens (including phenoxy) is 2. The lowest BCUT2D eigenvalue weighted by atomic mass is 9.98. The molecule has 0 aliphatic heterocycles. The van der Waals surface area contributed by atoms with Gasteiger partial charge in [-0.25, -0.2) is 0 Å². The van der Waals surface area contributed by atoms with Gasteiger partial charge in [0.25, 0.3) is 0 Å². The van der Waals surface area contributed by atoms with Gasteiger partial charge in [0, 0.05) is 11.1 Å². The Labute approximate surface area is 118 Å². The monoisotopic (exact) mass is 272 g/mol. The Morgan fingerprint density at radius 3 is 2.35 bits per heavy atom. The number of allylic oxidation sites excluding steroid dienone is 9. The van der Waals surface area contributed by atoms with Crippen molar-refractivity contribution in [3.8, 4) is 0 Å². The fourth-order valence-corrected chi connectivity index (χ4v) is 1.54. The zero-order valence-electron chi connectivity index (χ0n) is 11.5. The summed E-state index contributed by atoms with van der Waals surface area (Å²) in [4.78, 5) is 24.2. The minimum absolute atomic E-state index is 0.213. The standard InChI is InChI=1S/C16H16O4/c1-4-13-14(10-11-19-2)16(18)9-8-12(20-3)6-5-7-15(13)17/h4-11H,1H2,2-3H3/b7-5+,9-8+,11-10+,12-6+,14-13-. The summed E-state index contributed by atoms with van der Waals surface area (Å²) in [5.74, 6) is -0.176. The highest BCUT2D eigenvalue weighted by molar-refractivity contribution is 6.16. The van der Waals surface area contributed by atoms with Crippen molar-refractivity contribution in [3.05, 3.63) is 72.3 Å². The van der Waals surface area contributed by atoms with Crippen LogP contribution < -0.4 is 0 Å². The first-order valence-electron chi connectivity index (χ1n) is 5.89. The molecule has 4 heteroatoms. The molecule has 4 nitrogen and oxygen atoms in total. The van der Waals surface area contributed by atoms with Gasteiger partial charge in [-0.1, -0.05) is 18.7 Å². The topological polar surface area (TPSA) is 52.6 Å². The van der Waals surface area contributed by atoms with Crippen LogP contribution in [0, 0.1) is 0 Å². The SMILES string of the molecule is C=C/C1=C(\C=C\OC)C(=O)/C=C/C(OC)=C\C=C\C1=O. The average molecular weight is 272 g/mol. The quantitative estimate of drug-likeness (QED) is 0.737. The maximum absolute atomic E-state index is 12.2. The van der Waals surface area contributed by atoms with Crippen molar-refractivity contribution in [2.75, 3.05) is 14.2 Å². The van der Waals surface area contributed by atoms with Gasteiger partial charge in [-0.15, -0.1) is 0 Å². The van der Waals surface area contributed by atoms with E-state index >= 15 is 0 Å². The van der Waals surface area contributed by atoms with Crippen molar-refractivity contribution in [2.24, 2.45) is 0 Å². The summed E-state index contributed by atoms with van der Waals surface area (Å²) >= 11 is 0. The molecular weight excluding hydrogens is 256 g/mol. The van der Waals surface area contributed by atoms with Crippen LogP contribution in [0.1, 0.15) is 0 Å². The molecule has 1 rings (SSSR count). The highest BCUT2D eigenvalue weighted by Gasteiger charge is 2.14. The van der Waals surface area contributed by atoms with Crippen molar-refractivity contribution in [2.45, 2.75) is 0 Å². The van der Waals surface area contributed by atoms with Crippen molar-refractivity contribution in [1.29, 1.82) is 0 Å². The third-order valence-electron chi connectivity index (χ3n) is 2.54. The van der Waals surface area contributed by atoms with E-state index in [9.17, 15) is 9.59 Å². The maximum Gasteiger partial charge on any atom is 0.186 e. The lowest BCUT2D eigenvalue weighted by molar-refractivity contribution is -0.113. The third-order valence-corrected chi connectivity index (χ3v) is 2.54. The van der Waals surface area contributed by atoms with E-state index in [0.29, 0.717) is 5.76 Å². The van der Waals surface area contributed by atoms with Crippen molar-refractivity contribution in [3.63, 3.8) is 0 Å². The summed E-state index contributed by atoms with van der Waals surface area (Å²) in [6.45, 7) is 3.58. The molecule has 0 N–H and O–H groups in total. The van der Waals surface area contributed by atoms with Crippen molar-refractivity contribution < 1.29 is 19.1 Å². The molecule has 0 radical (unpaired) electrons. The van der Waals surface area contributed by atoms with Gasteiger partial charge in [-0.05, 0) is 30.4 Å². The van der Waals surface area contributed by atoms with Crippen LogP contribution in [0.2, 0.25) is 0 Å². The smallest absolute Gasteiger partial charge is 0.186 e. The van der Waals surface area contributed by atoms with E-state index in [1.54, 1.807) is 12.2 Å². The van der Waals surface area contributed by atoms with Gasteiger partial charge in [0.2, 0.25) is 0 Å². The van der Waals surface area contributed by atoms with Crippen LogP contribution in [0.4, 0.5) is 0 Å². The van der Waals surface area contributed by atoms with Crippen molar-refractivity contribution in [1.82, 2.24) is 0 Å². The molecule has 0 heterocycles. The van der Waals surface area contributed by atoms with Crippen LogP contribution in [0.15, 0.2) is 72.3 Å². The molecule has 0 bridgehead atoms. The number of ketones is 2. The Bertz CT molecular complexity index is 557. The van der Waals surface area contributed by atoms with E-state index in [1.807, 2.05) is 0 Å². The third kappa shape index (κ3) is 3.95. The minimum Gasteiger partial charge on any atom is -0.504 e. The molecule has 1 aliphatic rings. The van der Waals surface area contributed by atoms with Gasteiger partial charge in [0.05, 0.1) is 20.5 Å². The Balaban J connectivity index is 3.38. The predicted octanol–water partition coefficient (Wildman–Crippen LogP) is 2.42. The number of methoxy groups -OCH3 is 2. The molecule has 0 atom stereocenters. The van der Waals surface area contributed by atoms with E-state index < -0.39 is 0 Å². The van der Waals surface area contributed by atoms with Crippen LogP contribution in [0.3, 0.4) is 0 Å². The van der Waals surface area contributed by atoms with Crippen LogP contribution in [-0.2, 0) is 19.1 Å². The molecule has 0 spiro atoms. The van der Waals surface area contributed by atoms with Gasteiger partial charge in [-0.2, -0.15) is 0 Å². The molecule has 0 aromatic heterocycles. The number of carbonyl (C=O) groups is 2. The molecule has 104 valence electrons. The summed E-state index contributed by atoms with van der Waals surface area (Å²) in [5, 5.41) is 0. The zero-order chi connectivity index (χ0) is 15.0. The first-order valence-corrected chi connectivity index (χ1v) is 5.89. The lowest BCUT2D eigenvalue weighted by Gasteiger charge is -2.05. The van der Waals surface area contributed by atoms with Gasteiger partial charge < -0.3 is 9.47 Å². The van der Waals surface area contributed by atoms with Crippen molar-refractivity contribution >= 4 is 11.6 Å². The normalized spacial score (nSPS) is 25.8. The van der Waals surface area contributed by atoms with E-state index in [1.165, 1.54) is 50.9 Å². The Morgan fingerprint density at radius 2 is 1.75 bits per heavy atom. The van der Waals surface area contributed by atoms with Gasteiger partial charge in [0.15, 0.2) is 11.6 Å². The van der Waals surface area contributed by atoms with Gasteiger partial charge in [-0.3, -0.25) is 9.59 Å². The summed E-state index contributed by atoms with van der Waals surface area (Å²) < 4.78 is 9.86. The van der Waals surface area contributed by atoms with Gasteiger partial charge >= 0.3 is 0 Å². The summed E-state index contributed by atoms with van der Waals surface area (Å²) in [6, 6.07) is 0. The number of carbonyl (C=O) groups excluding carboxylic acids is 2. The molecule has 0 aromatic carbocycles. The minimum atomic E-state index is -0.334. The largest absolute Gasteiger partial charge is 0.504 e. The number of rotatable bonds is 4. The first-order chi connectivity index (χ1) is 9.63. The average Bonchev–Trinajstić information content (AvgIpc) is 2.45. The second-order valence-electron chi connectivity index (χ2n) is 3.76. The second-order valence-corrected chi connectivity index (χ2v) is 3.76. The highest BCUT2D eigenvalue weighted by atomic mass is 16.5. The summed E-state index contributed by atoms with van der Waals surface area (Å²) in [7, 11) is 2.94. The first kappa shape index (κ1) is 15.4. The van der Waals surface area contributed by atoms with Crippen LogP contribution in [0.25, 0.3) is 0 Å². The van der Waals surface area contributed by atoms with E-state index in [-0.39, 0.29) is 22.7 Å². The predicted molar refractivity (Wildman–Crippen MR) is 76.8 cm³/mol. The highest BCUT2D eigenvalue weighted by Crippen LogP contribution is 2.14. The van der Waals surface area contributed by atoms with Crippen LogP contribution >= 0.6 is 0 Å². The second kappa shape index (κ2) is 7.74. The molecule has 0 saturated carbocycles. The van der Waals surface area contributed by atoms with Gasteiger partial charge in [0.1, 0.15) is 5.76 Å². The van der Waals surface area contributed by atoms with Crippen LogP contribution in [0.5, 0.6) is 0 Å². The number of hydrogen-bond donors (Lipinski definition) is 0. The van der Waals surface area contributed by atoms with E-state index in [4.69, 9.17) is 9.47 Å². The molecule has 0 amide bonds. The maximum atomic E-state index is 12.2. The molecule has 0 unspecified atom stereocenters. The lowest BCUT2D eigenvalue weighted by Crippen LogP contribution is -2.07. The van der Waals surface area contributed by atoms with E-state index in [2.05, 4.69) is 6.58 Å².